The Kier molecular flexibility index (Phi) is 12.5. The number of allylic oxidation sites excluding steroid dienone is 2. The van der Waals surface area contributed by atoms with Gasteiger partial charge in [-0.25, -0.2) is 0 Å². The fraction of sp³-hybridized carbons (Fsp3) is 0.382. The van der Waals surface area contributed by atoms with Gasteiger partial charge in [-0.05, 0) is 60.3 Å². The maximum atomic E-state index is 11.7. The molecule has 2 heterocycles. The van der Waals surface area contributed by atoms with Gasteiger partial charge in [0.1, 0.15) is 0 Å². The Morgan fingerprint density at radius 1 is 0.872 bits per heavy atom. The maximum Gasteiger partial charge on any atom is 0.162 e. The monoisotopic (exact) mass is 702 g/mol. The number of rotatable bonds is 8. The minimum absolute atomic E-state index is 0. The molecule has 0 saturated heterocycles. The second kappa shape index (κ2) is 15.1. The molecule has 209 valence electrons. The van der Waals surface area contributed by atoms with Gasteiger partial charge in [-0.3, -0.25) is 9.78 Å². The molecule has 4 rings (SSSR count). The van der Waals surface area contributed by atoms with E-state index in [1.54, 1.807) is 0 Å². The summed E-state index contributed by atoms with van der Waals surface area (Å²) in [5.74, 6) is 0.547. The zero-order valence-electron chi connectivity index (χ0n) is 24.3. The minimum atomic E-state index is 0. The van der Waals surface area contributed by atoms with Crippen molar-refractivity contribution in [3.63, 3.8) is 0 Å². The molecular formula is C34H41IrN2O2-. The molecule has 0 atom stereocenters. The average Bonchev–Trinajstić information content (AvgIpc) is 2.92. The number of ketones is 1. The quantitative estimate of drug-likeness (QED) is 0.0862. The Morgan fingerprint density at radius 3 is 2.15 bits per heavy atom. The molecule has 0 unspecified atom stereocenters. The van der Waals surface area contributed by atoms with E-state index in [-0.39, 0.29) is 43.5 Å². The molecule has 1 N–H and O–H groups in total. The van der Waals surface area contributed by atoms with Crippen molar-refractivity contribution < 1.29 is 30.0 Å². The third-order valence-corrected chi connectivity index (χ3v) is 7.70. The van der Waals surface area contributed by atoms with Gasteiger partial charge in [0.25, 0.3) is 0 Å². The van der Waals surface area contributed by atoms with Crippen molar-refractivity contribution in [3.05, 3.63) is 83.4 Å². The molecule has 0 spiro atoms. The molecule has 0 saturated carbocycles. The number of nitrogens with zero attached hydrogens (tertiary/aromatic N) is 2. The molecule has 2 aromatic carbocycles. The number of fused-ring (bicyclic) bond motifs is 3. The first kappa shape index (κ1) is 32.3. The van der Waals surface area contributed by atoms with Crippen molar-refractivity contribution >= 4 is 27.5 Å². The number of benzene rings is 2. The van der Waals surface area contributed by atoms with E-state index in [4.69, 9.17) is 0 Å². The van der Waals surface area contributed by atoms with Crippen LogP contribution in [0, 0.1) is 38.7 Å². The van der Waals surface area contributed by atoms with Gasteiger partial charge < -0.3 is 10.1 Å². The van der Waals surface area contributed by atoms with Gasteiger partial charge in [-0.15, -0.1) is 34.4 Å². The van der Waals surface area contributed by atoms with Gasteiger partial charge in [-0.1, -0.05) is 60.6 Å². The topological polar surface area (TPSA) is 63.1 Å². The van der Waals surface area contributed by atoms with Crippen molar-refractivity contribution in [1.82, 2.24) is 9.97 Å². The SMILES string of the molecule is CCC(CC)C(=O)/C=C(\O)C(CC)CC.Cc1[c-]c(-c2nccc3c2ccc2ncccc23)cc(C)c1C.[Ir]. The first-order valence-corrected chi connectivity index (χ1v) is 13.8. The van der Waals surface area contributed by atoms with Crippen LogP contribution in [-0.4, -0.2) is 20.9 Å². The second-order valence-corrected chi connectivity index (χ2v) is 10.0. The Balaban J connectivity index is 0.000000294. The van der Waals surface area contributed by atoms with Gasteiger partial charge in [0.05, 0.1) is 11.3 Å². The van der Waals surface area contributed by atoms with Gasteiger partial charge in [-0.2, -0.15) is 0 Å². The van der Waals surface area contributed by atoms with Crippen molar-refractivity contribution in [3.8, 4) is 11.3 Å². The number of aliphatic hydroxyl groups excluding tert-OH is 1. The third kappa shape index (κ3) is 7.62. The average molecular weight is 702 g/mol. The molecular weight excluding hydrogens is 661 g/mol. The smallest absolute Gasteiger partial charge is 0.162 e. The van der Waals surface area contributed by atoms with E-state index in [1.165, 1.54) is 28.2 Å². The van der Waals surface area contributed by atoms with Crippen LogP contribution in [0.4, 0.5) is 0 Å². The van der Waals surface area contributed by atoms with Crippen LogP contribution in [0.15, 0.2) is 60.6 Å². The molecule has 4 nitrogen and oxygen atoms in total. The molecule has 2 aromatic heterocycles. The van der Waals surface area contributed by atoms with Crippen molar-refractivity contribution in [1.29, 1.82) is 0 Å². The van der Waals surface area contributed by atoms with Crippen LogP contribution in [-0.2, 0) is 24.9 Å². The summed E-state index contributed by atoms with van der Waals surface area (Å²) in [5.41, 5.74) is 6.80. The van der Waals surface area contributed by atoms with Crippen LogP contribution < -0.4 is 0 Å². The van der Waals surface area contributed by atoms with Crippen LogP contribution in [0.1, 0.15) is 70.1 Å². The summed E-state index contributed by atoms with van der Waals surface area (Å²) in [4.78, 5) is 20.8. The molecule has 39 heavy (non-hydrogen) atoms. The summed E-state index contributed by atoms with van der Waals surface area (Å²) in [6, 6.07) is 16.0. The number of hydrogen-bond acceptors (Lipinski definition) is 4. The fourth-order valence-corrected chi connectivity index (χ4v) is 4.89. The standard InChI is InChI=1S/C21H17N2.C13H24O2.Ir/c1-13-11-16(12-14(2)15(13)3)21-19-6-7-20-18(5-4-9-22-20)17(19)8-10-23-21;1-5-10(6-2)12(14)9-13(15)11(7-3)8-4;/h4-11H,1-3H3;9-11,14H,5-8H2,1-4H3;/q-1;;/b;12-9-;. The first-order chi connectivity index (χ1) is 18.2. The Morgan fingerprint density at radius 2 is 1.54 bits per heavy atom. The maximum absolute atomic E-state index is 11.7. The van der Waals surface area contributed by atoms with E-state index >= 15 is 0 Å². The van der Waals surface area contributed by atoms with E-state index in [0.717, 1.165) is 53.2 Å². The summed E-state index contributed by atoms with van der Waals surface area (Å²) >= 11 is 0. The third-order valence-electron chi connectivity index (χ3n) is 7.70. The van der Waals surface area contributed by atoms with Crippen molar-refractivity contribution in [2.75, 3.05) is 0 Å². The zero-order valence-corrected chi connectivity index (χ0v) is 26.7. The van der Waals surface area contributed by atoms with Crippen LogP contribution in [0.2, 0.25) is 0 Å². The molecule has 0 amide bonds. The predicted molar refractivity (Wildman–Crippen MR) is 159 cm³/mol. The fourth-order valence-electron chi connectivity index (χ4n) is 4.89. The van der Waals surface area contributed by atoms with E-state index < -0.39 is 0 Å². The minimum Gasteiger partial charge on any atom is -0.512 e. The normalized spacial score (nSPS) is 11.5. The Bertz CT molecular complexity index is 1410. The van der Waals surface area contributed by atoms with Gasteiger partial charge in [0.15, 0.2) is 5.78 Å². The number of pyridine rings is 2. The number of aryl methyl sites for hydroxylation is 2. The van der Waals surface area contributed by atoms with Crippen molar-refractivity contribution in [2.24, 2.45) is 11.8 Å². The summed E-state index contributed by atoms with van der Waals surface area (Å²) in [6.45, 7) is 14.5. The van der Waals surface area contributed by atoms with Crippen molar-refractivity contribution in [2.45, 2.75) is 74.1 Å². The molecule has 0 aliphatic heterocycles. The van der Waals surface area contributed by atoms with E-state index in [0.29, 0.717) is 0 Å². The first-order valence-electron chi connectivity index (χ1n) is 13.8. The number of aromatic nitrogens is 2. The predicted octanol–water partition coefficient (Wildman–Crippen LogP) is 9.04. The largest absolute Gasteiger partial charge is 0.512 e. The van der Waals surface area contributed by atoms with E-state index in [9.17, 15) is 9.90 Å². The van der Waals surface area contributed by atoms with E-state index in [1.807, 2.05) is 46.2 Å². The summed E-state index contributed by atoms with van der Waals surface area (Å²) in [5, 5.41) is 13.3. The zero-order chi connectivity index (χ0) is 27.8. The molecule has 0 aliphatic carbocycles. The number of carbonyl (C=O) groups is 1. The molecule has 0 aliphatic rings. The van der Waals surface area contributed by atoms with E-state index in [2.05, 4.69) is 67.1 Å². The van der Waals surface area contributed by atoms with Gasteiger partial charge >= 0.3 is 0 Å². The van der Waals surface area contributed by atoms with Crippen LogP contribution >= 0.6 is 0 Å². The summed E-state index contributed by atoms with van der Waals surface area (Å²) in [7, 11) is 0. The molecule has 5 heteroatoms. The summed E-state index contributed by atoms with van der Waals surface area (Å²) in [6.07, 6.45) is 8.61. The van der Waals surface area contributed by atoms with Gasteiger partial charge in [0.2, 0.25) is 0 Å². The van der Waals surface area contributed by atoms with Gasteiger partial charge in [0, 0.05) is 55.8 Å². The number of carbonyl (C=O) groups excluding carboxylic acids is 1. The second-order valence-electron chi connectivity index (χ2n) is 10.0. The van der Waals surface area contributed by atoms with Crippen LogP contribution in [0.5, 0.6) is 0 Å². The van der Waals surface area contributed by atoms with Crippen LogP contribution in [0.25, 0.3) is 32.9 Å². The van der Waals surface area contributed by atoms with Crippen LogP contribution in [0.3, 0.4) is 0 Å². The number of aliphatic hydroxyl groups is 1. The Labute approximate surface area is 247 Å². The molecule has 0 bridgehead atoms. The molecule has 4 aromatic rings. The molecule has 0 fully saturated rings. The molecule has 1 radical (unpaired) electrons. The summed E-state index contributed by atoms with van der Waals surface area (Å²) < 4.78 is 0. The Hall–Kier alpha value is -2.88. The number of hydrogen-bond donors (Lipinski definition) is 1.